The molecular formula is C17H14F3N3S. The molecular weight excluding hydrogens is 335 g/mol. The SMILES string of the molecule is FC(F)(F)c1ccc2nnc(SC3CCCc4ccccc43)n2c1. The van der Waals surface area contributed by atoms with Gasteiger partial charge in [-0.25, -0.2) is 0 Å². The molecule has 0 aliphatic heterocycles. The average molecular weight is 349 g/mol. The second kappa shape index (κ2) is 5.81. The molecule has 0 N–H and O–H groups in total. The van der Waals surface area contributed by atoms with Crippen molar-refractivity contribution in [1.82, 2.24) is 14.6 Å². The number of aryl methyl sites for hydroxylation is 1. The highest BCUT2D eigenvalue weighted by atomic mass is 32.2. The van der Waals surface area contributed by atoms with Crippen LogP contribution in [0.4, 0.5) is 13.2 Å². The van der Waals surface area contributed by atoms with E-state index in [-0.39, 0.29) is 5.25 Å². The number of hydrogen-bond acceptors (Lipinski definition) is 3. The van der Waals surface area contributed by atoms with Crippen LogP contribution in [-0.4, -0.2) is 14.6 Å². The molecule has 0 amide bonds. The Balaban J connectivity index is 1.71. The molecule has 124 valence electrons. The van der Waals surface area contributed by atoms with Crippen molar-refractivity contribution >= 4 is 17.4 Å². The van der Waals surface area contributed by atoms with E-state index >= 15 is 0 Å². The van der Waals surface area contributed by atoms with Gasteiger partial charge in [-0.1, -0.05) is 36.0 Å². The molecule has 2 aromatic heterocycles. The van der Waals surface area contributed by atoms with Crippen molar-refractivity contribution in [2.75, 3.05) is 0 Å². The van der Waals surface area contributed by atoms with Crippen LogP contribution in [0.2, 0.25) is 0 Å². The van der Waals surface area contributed by atoms with Crippen LogP contribution in [0, 0.1) is 0 Å². The smallest absolute Gasteiger partial charge is 0.277 e. The molecule has 1 aliphatic rings. The van der Waals surface area contributed by atoms with E-state index in [9.17, 15) is 13.2 Å². The van der Waals surface area contributed by atoms with E-state index in [0.717, 1.165) is 31.5 Å². The summed E-state index contributed by atoms with van der Waals surface area (Å²) in [7, 11) is 0. The average Bonchev–Trinajstić information content (AvgIpc) is 2.97. The van der Waals surface area contributed by atoms with Crippen LogP contribution >= 0.6 is 11.8 Å². The largest absolute Gasteiger partial charge is 0.417 e. The third-order valence-electron chi connectivity index (χ3n) is 4.26. The number of alkyl halides is 3. The molecule has 7 heteroatoms. The first-order valence-electron chi connectivity index (χ1n) is 7.69. The monoisotopic (exact) mass is 349 g/mol. The third-order valence-corrected chi connectivity index (χ3v) is 5.52. The van der Waals surface area contributed by atoms with Gasteiger partial charge in [0, 0.05) is 11.4 Å². The Morgan fingerprint density at radius 2 is 1.92 bits per heavy atom. The number of pyridine rings is 1. The summed E-state index contributed by atoms with van der Waals surface area (Å²) in [5.74, 6) is 0. The van der Waals surface area contributed by atoms with E-state index < -0.39 is 11.7 Å². The topological polar surface area (TPSA) is 30.2 Å². The second-order valence-corrected chi connectivity index (χ2v) is 6.99. The van der Waals surface area contributed by atoms with Gasteiger partial charge in [-0.3, -0.25) is 4.40 Å². The van der Waals surface area contributed by atoms with Crippen LogP contribution < -0.4 is 0 Å². The fraction of sp³-hybridized carbons (Fsp3) is 0.294. The highest BCUT2D eigenvalue weighted by Gasteiger charge is 2.31. The maximum Gasteiger partial charge on any atom is 0.417 e. The van der Waals surface area contributed by atoms with Gasteiger partial charge < -0.3 is 0 Å². The van der Waals surface area contributed by atoms with Crippen LogP contribution in [-0.2, 0) is 12.6 Å². The molecule has 1 unspecified atom stereocenters. The summed E-state index contributed by atoms with van der Waals surface area (Å²) in [6, 6.07) is 10.6. The Morgan fingerprint density at radius 3 is 2.75 bits per heavy atom. The first-order valence-corrected chi connectivity index (χ1v) is 8.57. The number of nitrogens with zero attached hydrogens (tertiary/aromatic N) is 3. The van der Waals surface area contributed by atoms with E-state index in [4.69, 9.17) is 0 Å². The highest BCUT2D eigenvalue weighted by molar-refractivity contribution is 7.99. The molecule has 0 saturated heterocycles. The van der Waals surface area contributed by atoms with E-state index in [1.165, 1.54) is 33.4 Å². The van der Waals surface area contributed by atoms with Gasteiger partial charge in [0.25, 0.3) is 0 Å². The number of thioether (sulfide) groups is 1. The van der Waals surface area contributed by atoms with Crippen LogP contribution in [0.15, 0.2) is 47.8 Å². The van der Waals surface area contributed by atoms with E-state index in [1.807, 2.05) is 12.1 Å². The van der Waals surface area contributed by atoms with E-state index in [2.05, 4.69) is 22.3 Å². The van der Waals surface area contributed by atoms with Gasteiger partial charge >= 0.3 is 6.18 Å². The summed E-state index contributed by atoms with van der Waals surface area (Å²) in [6.45, 7) is 0. The van der Waals surface area contributed by atoms with E-state index in [1.54, 1.807) is 0 Å². The van der Waals surface area contributed by atoms with Crippen LogP contribution in [0.1, 0.15) is 34.8 Å². The lowest BCUT2D eigenvalue weighted by Crippen LogP contribution is -2.08. The number of halogens is 3. The molecule has 2 heterocycles. The molecule has 0 fully saturated rings. The Hall–Kier alpha value is -2.02. The minimum absolute atomic E-state index is 0.192. The van der Waals surface area contributed by atoms with Gasteiger partial charge in [-0.2, -0.15) is 13.2 Å². The molecule has 0 radical (unpaired) electrons. The van der Waals surface area contributed by atoms with Gasteiger partial charge in [0.2, 0.25) is 0 Å². The van der Waals surface area contributed by atoms with Crippen molar-refractivity contribution in [2.24, 2.45) is 0 Å². The lowest BCUT2D eigenvalue weighted by atomic mass is 9.91. The summed E-state index contributed by atoms with van der Waals surface area (Å²) in [4.78, 5) is 0. The zero-order valence-corrected chi connectivity index (χ0v) is 13.4. The van der Waals surface area contributed by atoms with Gasteiger partial charge in [-0.05, 0) is 42.5 Å². The predicted octanol–water partition coefficient (Wildman–Crippen LogP) is 4.92. The molecule has 0 spiro atoms. The Morgan fingerprint density at radius 1 is 1.08 bits per heavy atom. The van der Waals surface area contributed by atoms with Gasteiger partial charge in [0.15, 0.2) is 10.8 Å². The standard InChI is InChI=1S/C17H14F3N3S/c18-17(19,20)12-8-9-15-21-22-16(23(15)10-12)24-14-7-3-5-11-4-1-2-6-13(11)14/h1-2,4,6,8-10,14H,3,5,7H2. The van der Waals surface area contributed by atoms with Gasteiger partial charge in [0.05, 0.1) is 5.56 Å². The molecule has 0 saturated carbocycles. The zero-order valence-electron chi connectivity index (χ0n) is 12.6. The summed E-state index contributed by atoms with van der Waals surface area (Å²) in [6.07, 6.45) is -0.203. The Bertz CT molecular complexity index is 888. The highest BCUT2D eigenvalue weighted by Crippen LogP contribution is 2.43. The number of fused-ring (bicyclic) bond motifs is 2. The quantitative estimate of drug-likeness (QED) is 0.658. The molecule has 1 aromatic carbocycles. The minimum Gasteiger partial charge on any atom is -0.277 e. The Labute approximate surface area is 140 Å². The minimum atomic E-state index is -4.38. The number of aromatic nitrogens is 3. The van der Waals surface area contributed by atoms with Crippen molar-refractivity contribution in [3.8, 4) is 0 Å². The third kappa shape index (κ3) is 2.77. The van der Waals surface area contributed by atoms with Crippen molar-refractivity contribution in [3.63, 3.8) is 0 Å². The molecule has 1 atom stereocenters. The summed E-state index contributed by atoms with van der Waals surface area (Å²) in [5, 5.41) is 8.77. The number of hydrogen-bond donors (Lipinski definition) is 0. The fourth-order valence-electron chi connectivity index (χ4n) is 3.08. The molecule has 0 bridgehead atoms. The van der Waals surface area contributed by atoms with Crippen LogP contribution in [0.25, 0.3) is 5.65 Å². The molecule has 3 nitrogen and oxygen atoms in total. The summed E-state index contributed by atoms with van der Waals surface area (Å²) >= 11 is 1.48. The lowest BCUT2D eigenvalue weighted by molar-refractivity contribution is -0.137. The van der Waals surface area contributed by atoms with Crippen molar-refractivity contribution in [1.29, 1.82) is 0 Å². The number of benzene rings is 1. The van der Waals surface area contributed by atoms with Gasteiger partial charge in [-0.15, -0.1) is 10.2 Å². The van der Waals surface area contributed by atoms with Crippen molar-refractivity contribution in [2.45, 2.75) is 35.8 Å². The first-order chi connectivity index (χ1) is 11.5. The molecule has 24 heavy (non-hydrogen) atoms. The second-order valence-electron chi connectivity index (χ2n) is 5.82. The van der Waals surface area contributed by atoms with Crippen LogP contribution in [0.5, 0.6) is 0 Å². The molecule has 1 aliphatic carbocycles. The zero-order chi connectivity index (χ0) is 16.7. The van der Waals surface area contributed by atoms with E-state index in [0.29, 0.717) is 10.8 Å². The van der Waals surface area contributed by atoms with Crippen molar-refractivity contribution < 1.29 is 13.2 Å². The first kappa shape index (κ1) is 15.5. The Kier molecular flexibility index (Phi) is 3.75. The predicted molar refractivity (Wildman–Crippen MR) is 86.0 cm³/mol. The van der Waals surface area contributed by atoms with Crippen LogP contribution in [0.3, 0.4) is 0 Å². The number of rotatable bonds is 2. The summed E-state index contributed by atoms with van der Waals surface area (Å²) < 4.78 is 40.3. The van der Waals surface area contributed by atoms with Crippen molar-refractivity contribution in [3.05, 3.63) is 59.3 Å². The molecule has 4 rings (SSSR count). The maximum atomic E-state index is 12.9. The fourth-order valence-corrected chi connectivity index (χ4v) is 4.32. The lowest BCUT2D eigenvalue weighted by Gasteiger charge is -2.24. The summed E-state index contributed by atoms with van der Waals surface area (Å²) in [5.41, 5.74) is 2.29. The maximum absolute atomic E-state index is 12.9. The van der Waals surface area contributed by atoms with Gasteiger partial charge in [0.1, 0.15) is 0 Å². The normalized spacial score (nSPS) is 17.9. The molecule has 3 aromatic rings.